The molecule has 0 atom stereocenters. The van der Waals surface area contributed by atoms with Crippen LogP contribution in [-0.4, -0.2) is 23.5 Å². The zero-order valence-corrected chi connectivity index (χ0v) is 18.2. The molecule has 1 heterocycles. The molecular formula is C24H27N3O4. The van der Waals surface area contributed by atoms with Crippen molar-refractivity contribution in [3.63, 3.8) is 0 Å². The van der Waals surface area contributed by atoms with E-state index in [-0.39, 0.29) is 17.4 Å². The molecule has 0 aliphatic heterocycles. The molecule has 0 radical (unpaired) electrons. The second kappa shape index (κ2) is 9.47. The van der Waals surface area contributed by atoms with Gasteiger partial charge in [0.25, 0.3) is 11.5 Å². The number of pyridine rings is 1. The van der Waals surface area contributed by atoms with Crippen LogP contribution in [0.25, 0.3) is 10.8 Å². The molecule has 3 rings (SSSR count). The molecule has 7 heteroatoms. The molecule has 7 nitrogen and oxygen atoms in total. The lowest BCUT2D eigenvalue weighted by molar-refractivity contribution is -0.114. The maximum Gasteiger partial charge on any atom is 0.258 e. The van der Waals surface area contributed by atoms with Gasteiger partial charge in [0, 0.05) is 36.1 Å². The van der Waals surface area contributed by atoms with Crippen molar-refractivity contribution in [3.8, 4) is 5.75 Å². The molecule has 2 amide bonds. The molecule has 2 N–H and O–H groups in total. The SMILES string of the molecule is COc1ccc(NC(C)=O)cc1NC(=O)c1cn(CCC(C)C)c(=O)c2ccccc12. The number of aryl methyl sites for hydroxylation is 1. The number of methoxy groups -OCH3 is 1. The Balaban J connectivity index is 2.03. The van der Waals surface area contributed by atoms with E-state index in [1.807, 2.05) is 0 Å². The van der Waals surface area contributed by atoms with Crippen molar-refractivity contribution in [2.75, 3.05) is 17.7 Å². The maximum atomic E-state index is 13.3. The van der Waals surface area contributed by atoms with Gasteiger partial charge in [-0.15, -0.1) is 0 Å². The van der Waals surface area contributed by atoms with Crippen molar-refractivity contribution in [2.24, 2.45) is 5.92 Å². The fourth-order valence-corrected chi connectivity index (χ4v) is 3.36. The number of hydrogen-bond acceptors (Lipinski definition) is 4. The number of carbonyl (C=O) groups is 2. The summed E-state index contributed by atoms with van der Waals surface area (Å²) in [6, 6.07) is 12.1. The van der Waals surface area contributed by atoms with E-state index in [1.165, 1.54) is 14.0 Å². The zero-order chi connectivity index (χ0) is 22.5. The number of nitrogens with zero attached hydrogens (tertiary/aromatic N) is 1. The molecule has 0 saturated heterocycles. The van der Waals surface area contributed by atoms with Gasteiger partial charge in [-0.25, -0.2) is 0 Å². The third-order valence-corrected chi connectivity index (χ3v) is 4.95. The van der Waals surface area contributed by atoms with Gasteiger partial charge in [-0.05, 0) is 36.6 Å². The molecule has 1 aromatic heterocycles. The molecule has 0 saturated carbocycles. The van der Waals surface area contributed by atoms with E-state index in [0.29, 0.717) is 45.9 Å². The molecule has 0 aliphatic rings. The van der Waals surface area contributed by atoms with Gasteiger partial charge in [-0.2, -0.15) is 0 Å². The number of benzene rings is 2. The Morgan fingerprint density at radius 3 is 2.42 bits per heavy atom. The monoisotopic (exact) mass is 421 g/mol. The first-order chi connectivity index (χ1) is 14.8. The Labute approximate surface area is 181 Å². The molecule has 2 aromatic carbocycles. The summed E-state index contributed by atoms with van der Waals surface area (Å²) in [5.74, 6) is 0.301. The first-order valence-electron chi connectivity index (χ1n) is 10.2. The van der Waals surface area contributed by atoms with Crippen molar-refractivity contribution in [1.29, 1.82) is 0 Å². The number of aromatic nitrogens is 1. The summed E-state index contributed by atoms with van der Waals surface area (Å²) in [6.07, 6.45) is 2.44. The largest absolute Gasteiger partial charge is 0.495 e. The van der Waals surface area contributed by atoms with Crippen LogP contribution in [0.5, 0.6) is 5.75 Å². The van der Waals surface area contributed by atoms with Crippen molar-refractivity contribution in [3.05, 3.63) is 64.6 Å². The van der Waals surface area contributed by atoms with Gasteiger partial charge in [0.15, 0.2) is 0 Å². The predicted octanol–water partition coefficient (Wildman–Crippen LogP) is 4.27. The highest BCUT2D eigenvalue weighted by molar-refractivity contribution is 6.13. The Morgan fingerprint density at radius 2 is 1.77 bits per heavy atom. The number of hydrogen-bond donors (Lipinski definition) is 2. The quantitative estimate of drug-likeness (QED) is 0.596. The summed E-state index contributed by atoms with van der Waals surface area (Å²) in [5, 5.41) is 6.64. The number of nitrogens with one attached hydrogen (secondary N) is 2. The fraction of sp³-hybridized carbons (Fsp3) is 0.292. The van der Waals surface area contributed by atoms with Gasteiger partial charge in [0.1, 0.15) is 5.75 Å². The van der Waals surface area contributed by atoms with Gasteiger partial charge >= 0.3 is 0 Å². The molecule has 0 fully saturated rings. The van der Waals surface area contributed by atoms with Crippen molar-refractivity contribution in [1.82, 2.24) is 4.57 Å². The minimum Gasteiger partial charge on any atom is -0.495 e. The second-order valence-corrected chi connectivity index (χ2v) is 7.82. The summed E-state index contributed by atoms with van der Waals surface area (Å²) < 4.78 is 6.95. The number of amides is 2. The van der Waals surface area contributed by atoms with E-state index in [2.05, 4.69) is 24.5 Å². The minimum atomic E-state index is -0.368. The summed E-state index contributed by atoms with van der Waals surface area (Å²) in [4.78, 5) is 37.5. The van der Waals surface area contributed by atoms with E-state index in [0.717, 1.165) is 6.42 Å². The molecule has 0 unspecified atom stereocenters. The first-order valence-corrected chi connectivity index (χ1v) is 10.2. The van der Waals surface area contributed by atoms with Crippen LogP contribution in [-0.2, 0) is 11.3 Å². The third-order valence-electron chi connectivity index (χ3n) is 4.95. The van der Waals surface area contributed by atoms with Crippen LogP contribution in [0.15, 0.2) is 53.5 Å². The van der Waals surface area contributed by atoms with Crippen LogP contribution in [0.3, 0.4) is 0 Å². The van der Waals surface area contributed by atoms with E-state index in [9.17, 15) is 14.4 Å². The Bertz CT molecular complexity index is 1180. The second-order valence-electron chi connectivity index (χ2n) is 7.82. The first kappa shape index (κ1) is 22.1. The average molecular weight is 421 g/mol. The molecule has 0 bridgehead atoms. The highest BCUT2D eigenvalue weighted by Gasteiger charge is 2.17. The standard InChI is InChI=1S/C24H27N3O4/c1-15(2)11-12-27-14-20(18-7-5-6-8-19(18)24(27)30)23(29)26-21-13-17(25-16(3)28)9-10-22(21)31-4/h5-10,13-15H,11-12H2,1-4H3,(H,25,28)(H,26,29). The Morgan fingerprint density at radius 1 is 1.06 bits per heavy atom. The number of rotatable bonds is 7. The number of carbonyl (C=O) groups excluding carboxylic acids is 2. The topological polar surface area (TPSA) is 89.4 Å². The average Bonchev–Trinajstić information content (AvgIpc) is 2.73. The van der Waals surface area contributed by atoms with Crippen LogP contribution < -0.4 is 20.9 Å². The normalized spacial score (nSPS) is 10.9. The molecule has 3 aromatic rings. The maximum absolute atomic E-state index is 13.3. The summed E-state index contributed by atoms with van der Waals surface area (Å²) >= 11 is 0. The Hall–Kier alpha value is -3.61. The number of anilines is 2. The molecule has 162 valence electrons. The molecule has 0 aliphatic carbocycles. The highest BCUT2D eigenvalue weighted by Crippen LogP contribution is 2.29. The molecule has 31 heavy (non-hydrogen) atoms. The lowest BCUT2D eigenvalue weighted by Gasteiger charge is -2.15. The summed E-state index contributed by atoms with van der Waals surface area (Å²) in [6.45, 7) is 6.13. The van der Waals surface area contributed by atoms with E-state index < -0.39 is 0 Å². The van der Waals surface area contributed by atoms with E-state index >= 15 is 0 Å². The summed E-state index contributed by atoms with van der Waals surface area (Å²) in [5.41, 5.74) is 1.24. The van der Waals surface area contributed by atoms with Crippen LogP contribution >= 0.6 is 0 Å². The lowest BCUT2D eigenvalue weighted by Crippen LogP contribution is -2.24. The van der Waals surface area contributed by atoms with Crippen LogP contribution in [0.4, 0.5) is 11.4 Å². The van der Waals surface area contributed by atoms with Crippen LogP contribution in [0, 0.1) is 5.92 Å². The van der Waals surface area contributed by atoms with Crippen molar-refractivity contribution < 1.29 is 14.3 Å². The van der Waals surface area contributed by atoms with Crippen molar-refractivity contribution in [2.45, 2.75) is 33.7 Å². The molecular weight excluding hydrogens is 394 g/mol. The smallest absolute Gasteiger partial charge is 0.258 e. The van der Waals surface area contributed by atoms with Gasteiger partial charge in [0.05, 0.1) is 18.4 Å². The van der Waals surface area contributed by atoms with Crippen LogP contribution in [0.2, 0.25) is 0 Å². The molecule has 0 spiro atoms. The Kier molecular flexibility index (Phi) is 6.74. The van der Waals surface area contributed by atoms with E-state index in [1.54, 1.807) is 53.2 Å². The minimum absolute atomic E-state index is 0.113. The highest BCUT2D eigenvalue weighted by atomic mass is 16.5. The van der Waals surface area contributed by atoms with E-state index in [4.69, 9.17) is 4.74 Å². The summed E-state index contributed by atoms with van der Waals surface area (Å²) in [7, 11) is 1.50. The lowest BCUT2D eigenvalue weighted by atomic mass is 10.1. The number of fused-ring (bicyclic) bond motifs is 1. The van der Waals surface area contributed by atoms with Gasteiger partial charge in [0.2, 0.25) is 5.91 Å². The van der Waals surface area contributed by atoms with Gasteiger partial charge in [-0.3, -0.25) is 14.4 Å². The third kappa shape index (κ3) is 5.12. The van der Waals surface area contributed by atoms with Gasteiger partial charge < -0.3 is 19.9 Å². The number of ether oxygens (including phenoxy) is 1. The zero-order valence-electron chi connectivity index (χ0n) is 18.2. The van der Waals surface area contributed by atoms with Crippen molar-refractivity contribution >= 4 is 34.0 Å². The fourth-order valence-electron chi connectivity index (χ4n) is 3.36. The van der Waals surface area contributed by atoms with Crippen LogP contribution in [0.1, 0.15) is 37.6 Å². The predicted molar refractivity (Wildman–Crippen MR) is 123 cm³/mol. The van der Waals surface area contributed by atoms with Gasteiger partial charge in [-0.1, -0.05) is 32.0 Å².